The van der Waals surface area contributed by atoms with E-state index in [0.29, 0.717) is 23.9 Å². The van der Waals surface area contributed by atoms with E-state index >= 15 is 0 Å². The van der Waals surface area contributed by atoms with Gasteiger partial charge in [0.25, 0.3) is 0 Å². The Morgan fingerprint density at radius 1 is 1.26 bits per heavy atom. The van der Waals surface area contributed by atoms with Crippen molar-refractivity contribution in [2.24, 2.45) is 5.92 Å². The molecule has 0 unspecified atom stereocenters. The number of hydrogen-bond donors (Lipinski definition) is 2. The molecule has 1 fully saturated rings. The second-order valence-electron chi connectivity index (χ2n) is 6.01. The van der Waals surface area contributed by atoms with Gasteiger partial charge >= 0.3 is 6.09 Å². The molecule has 0 aliphatic heterocycles. The average Bonchev–Trinajstić information content (AvgIpc) is 3.10. The number of nitrogen functional groups attached to an aromatic ring is 1. The Balaban J connectivity index is 1.60. The fourth-order valence-electron chi connectivity index (χ4n) is 2.95. The molecule has 1 heterocycles. The van der Waals surface area contributed by atoms with E-state index in [1.807, 2.05) is 35.7 Å². The molecule has 1 saturated carbocycles. The van der Waals surface area contributed by atoms with Crippen LogP contribution in [0.3, 0.4) is 0 Å². The van der Waals surface area contributed by atoms with Gasteiger partial charge in [-0.05, 0) is 47.9 Å². The van der Waals surface area contributed by atoms with E-state index in [0.717, 1.165) is 23.3 Å². The Morgan fingerprint density at radius 3 is 2.83 bits per heavy atom. The zero-order valence-corrected chi connectivity index (χ0v) is 13.9. The minimum Gasteiger partial charge on any atom is -0.449 e. The summed E-state index contributed by atoms with van der Waals surface area (Å²) in [6.45, 7) is 0.496. The largest absolute Gasteiger partial charge is 0.449 e. The molecule has 1 aliphatic rings. The zero-order valence-electron chi connectivity index (χ0n) is 13.1. The summed E-state index contributed by atoms with van der Waals surface area (Å²) in [6, 6.07) is 9.71. The lowest BCUT2D eigenvalue weighted by Crippen LogP contribution is -2.20. The lowest BCUT2D eigenvalue weighted by Gasteiger charge is -2.21. The Morgan fingerprint density at radius 2 is 2.09 bits per heavy atom. The van der Waals surface area contributed by atoms with Gasteiger partial charge in [0.1, 0.15) is 0 Å². The van der Waals surface area contributed by atoms with Crippen LogP contribution in [0.1, 0.15) is 32.1 Å². The van der Waals surface area contributed by atoms with Crippen LogP contribution >= 0.6 is 11.3 Å². The van der Waals surface area contributed by atoms with Crippen LogP contribution in [-0.2, 0) is 4.74 Å². The van der Waals surface area contributed by atoms with Gasteiger partial charge in [0.2, 0.25) is 0 Å². The van der Waals surface area contributed by atoms with Crippen molar-refractivity contribution in [3.8, 4) is 10.4 Å². The molecule has 1 aliphatic carbocycles. The number of thiophene rings is 1. The molecule has 23 heavy (non-hydrogen) atoms. The minimum atomic E-state index is -0.425. The molecule has 4 nitrogen and oxygen atoms in total. The summed E-state index contributed by atoms with van der Waals surface area (Å²) in [7, 11) is 0. The van der Waals surface area contributed by atoms with Crippen LogP contribution in [0, 0.1) is 5.92 Å². The lowest BCUT2D eigenvalue weighted by molar-refractivity contribution is 0.128. The number of ether oxygens (including phenoxy) is 1. The second-order valence-corrected chi connectivity index (χ2v) is 6.95. The first-order valence-corrected chi connectivity index (χ1v) is 8.97. The maximum absolute atomic E-state index is 12.0. The van der Waals surface area contributed by atoms with Gasteiger partial charge in [-0.15, -0.1) is 11.3 Å². The number of rotatable bonds is 4. The SMILES string of the molecule is Nc1ccc(-c2cccs2)cc1NC(=O)OCC1CCCCC1. The van der Waals surface area contributed by atoms with E-state index in [4.69, 9.17) is 10.5 Å². The third-order valence-electron chi connectivity index (χ3n) is 4.27. The summed E-state index contributed by atoms with van der Waals surface area (Å²) < 4.78 is 5.37. The molecular weight excluding hydrogens is 308 g/mol. The van der Waals surface area contributed by atoms with Crippen LogP contribution in [0.2, 0.25) is 0 Å². The van der Waals surface area contributed by atoms with Gasteiger partial charge in [-0.1, -0.05) is 31.4 Å². The van der Waals surface area contributed by atoms with Crippen molar-refractivity contribution in [3.63, 3.8) is 0 Å². The maximum Gasteiger partial charge on any atom is 0.411 e. The van der Waals surface area contributed by atoms with E-state index in [2.05, 4.69) is 5.32 Å². The van der Waals surface area contributed by atoms with Crippen molar-refractivity contribution < 1.29 is 9.53 Å². The summed E-state index contributed by atoms with van der Waals surface area (Å²) in [5.41, 5.74) is 8.14. The highest BCUT2D eigenvalue weighted by atomic mass is 32.1. The molecular formula is C18H22N2O2S. The number of hydrogen-bond acceptors (Lipinski definition) is 4. The van der Waals surface area contributed by atoms with Crippen molar-refractivity contribution >= 4 is 28.8 Å². The number of anilines is 2. The van der Waals surface area contributed by atoms with Crippen molar-refractivity contribution in [2.45, 2.75) is 32.1 Å². The number of benzene rings is 1. The van der Waals surface area contributed by atoms with E-state index in [-0.39, 0.29) is 0 Å². The standard InChI is InChI=1S/C18H22N2O2S/c19-15-9-8-14(17-7-4-10-23-17)11-16(15)20-18(21)22-12-13-5-2-1-3-6-13/h4,7-11,13H,1-3,5-6,12,19H2,(H,20,21). The zero-order chi connectivity index (χ0) is 16.1. The molecule has 3 N–H and O–H groups in total. The summed E-state index contributed by atoms with van der Waals surface area (Å²) in [5.74, 6) is 0.504. The molecule has 0 saturated heterocycles. The molecule has 0 bridgehead atoms. The van der Waals surface area contributed by atoms with Gasteiger partial charge in [0.15, 0.2) is 0 Å². The van der Waals surface area contributed by atoms with E-state index in [1.165, 1.54) is 19.3 Å². The predicted octanol–water partition coefficient (Wildman–Crippen LogP) is 5.13. The Bertz CT molecular complexity index is 649. The van der Waals surface area contributed by atoms with Crippen LogP contribution in [0.4, 0.5) is 16.2 Å². The maximum atomic E-state index is 12.0. The summed E-state index contributed by atoms with van der Waals surface area (Å²) in [4.78, 5) is 13.2. The summed E-state index contributed by atoms with van der Waals surface area (Å²) in [5, 5.41) is 4.80. The fourth-order valence-corrected chi connectivity index (χ4v) is 3.68. The van der Waals surface area contributed by atoms with Gasteiger partial charge in [0.05, 0.1) is 18.0 Å². The lowest BCUT2D eigenvalue weighted by atomic mass is 9.90. The van der Waals surface area contributed by atoms with E-state index < -0.39 is 6.09 Å². The van der Waals surface area contributed by atoms with E-state index in [9.17, 15) is 4.79 Å². The van der Waals surface area contributed by atoms with Gasteiger partial charge in [-0.2, -0.15) is 0 Å². The first kappa shape index (κ1) is 15.9. The first-order valence-electron chi connectivity index (χ1n) is 8.09. The third-order valence-corrected chi connectivity index (χ3v) is 5.19. The van der Waals surface area contributed by atoms with Crippen molar-refractivity contribution in [2.75, 3.05) is 17.7 Å². The Hall–Kier alpha value is -2.01. The number of amides is 1. The number of nitrogens with two attached hydrogens (primary N) is 1. The molecule has 2 aromatic rings. The van der Waals surface area contributed by atoms with Crippen LogP contribution in [0.15, 0.2) is 35.7 Å². The van der Waals surface area contributed by atoms with Gasteiger partial charge in [-0.25, -0.2) is 4.79 Å². The molecule has 1 amide bonds. The molecule has 5 heteroatoms. The van der Waals surface area contributed by atoms with E-state index in [1.54, 1.807) is 11.3 Å². The molecule has 0 spiro atoms. The molecule has 0 atom stereocenters. The molecule has 1 aromatic carbocycles. The molecule has 0 radical (unpaired) electrons. The minimum absolute atomic E-state index is 0.425. The van der Waals surface area contributed by atoms with Gasteiger partial charge in [0, 0.05) is 4.88 Å². The van der Waals surface area contributed by atoms with Crippen LogP contribution in [-0.4, -0.2) is 12.7 Å². The van der Waals surface area contributed by atoms with Crippen LogP contribution < -0.4 is 11.1 Å². The van der Waals surface area contributed by atoms with Crippen molar-refractivity contribution in [1.82, 2.24) is 0 Å². The molecule has 122 valence electrons. The highest BCUT2D eigenvalue weighted by molar-refractivity contribution is 7.13. The number of carbonyl (C=O) groups excluding carboxylic acids is 1. The number of carbonyl (C=O) groups is 1. The smallest absolute Gasteiger partial charge is 0.411 e. The van der Waals surface area contributed by atoms with Gasteiger partial charge in [-0.3, -0.25) is 5.32 Å². The second kappa shape index (κ2) is 7.51. The monoisotopic (exact) mass is 330 g/mol. The summed E-state index contributed by atoms with van der Waals surface area (Å²) in [6.07, 6.45) is 5.67. The Labute approximate surface area is 140 Å². The van der Waals surface area contributed by atoms with Crippen molar-refractivity contribution in [3.05, 3.63) is 35.7 Å². The highest BCUT2D eigenvalue weighted by Gasteiger charge is 2.16. The fraction of sp³-hybridized carbons (Fsp3) is 0.389. The van der Waals surface area contributed by atoms with Crippen molar-refractivity contribution in [1.29, 1.82) is 0 Å². The van der Waals surface area contributed by atoms with Crippen LogP contribution in [0.25, 0.3) is 10.4 Å². The normalized spacial score (nSPS) is 15.3. The molecule has 1 aromatic heterocycles. The topological polar surface area (TPSA) is 64.3 Å². The molecule has 3 rings (SSSR count). The quantitative estimate of drug-likeness (QED) is 0.764. The first-order chi connectivity index (χ1) is 11.2. The average molecular weight is 330 g/mol. The van der Waals surface area contributed by atoms with Gasteiger partial charge < -0.3 is 10.5 Å². The Kier molecular flexibility index (Phi) is 5.18. The summed E-state index contributed by atoms with van der Waals surface area (Å²) >= 11 is 1.65. The number of nitrogens with one attached hydrogen (secondary N) is 1. The third kappa shape index (κ3) is 4.26. The predicted molar refractivity (Wildman–Crippen MR) is 95.7 cm³/mol. The highest BCUT2D eigenvalue weighted by Crippen LogP contribution is 2.30. The van der Waals surface area contributed by atoms with Crippen LogP contribution in [0.5, 0.6) is 0 Å².